The number of amides is 1. The normalized spacial score (nSPS) is 19.6. The minimum atomic E-state index is -1.65. The molecule has 7 nitrogen and oxygen atoms in total. The molecule has 1 aliphatic heterocycles. The van der Waals surface area contributed by atoms with Crippen LogP contribution in [0, 0.1) is 0 Å². The Hall–Kier alpha value is -2.12. The lowest BCUT2D eigenvalue weighted by Crippen LogP contribution is -2.44. The van der Waals surface area contributed by atoms with Gasteiger partial charge in [0.05, 0.1) is 30.7 Å². The number of nitrogens with zero attached hydrogens (tertiary/aromatic N) is 3. The predicted octanol–water partition coefficient (Wildman–Crippen LogP) is 1.83. The van der Waals surface area contributed by atoms with Gasteiger partial charge in [-0.25, -0.2) is 4.98 Å². The molecule has 1 unspecified atom stereocenters. The number of hydrogen-bond donors (Lipinski definition) is 1. The number of ether oxygens (including phenoxy) is 2. The first-order chi connectivity index (χ1) is 10.3. The van der Waals surface area contributed by atoms with Gasteiger partial charge < -0.3 is 14.6 Å². The Morgan fingerprint density at radius 3 is 2.59 bits per heavy atom. The molecule has 1 N–H and O–H groups in total. The number of halogens is 1. The molecule has 1 aliphatic rings. The van der Waals surface area contributed by atoms with Crippen molar-refractivity contribution < 1.29 is 19.4 Å². The Labute approximate surface area is 131 Å². The highest BCUT2D eigenvalue weighted by Crippen LogP contribution is 2.52. The van der Waals surface area contributed by atoms with Gasteiger partial charge in [-0.3, -0.25) is 9.69 Å². The standard InChI is InChI=1S/C14H14ClN3O4/c1-6(19)18-12-9-7(16-13(15)17-12)5-8(21-3)11(22-4)10(9)14(18,2)20/h5,20H,1-4H3. The van der Waals surface area contributed by atoms with Crippen LogP contribution in [0.5, 0.6) is 11.5 Å². The Balaban J connectivity index is 2.52. The van der Waals surface area contributed by atoms with Gasteiger partial charge in [0.25, 0.3) is 0 Å². The minimum Gasteiger partial charge on any atom is -0.493 e. The molecule has 22 heavy (non-hydrogen) atoms. The molecule has 1 amide bonds. The topological polar surface area (TPSA) is 84.8 Å². The third-order valence-electron chi connectivity index (χ3n) is 3.72. The number of rotatable bonds is 2. The zero-order chi connectivity index (χ0) is 16.2. The molecule has 1 aromatic heterocycles. The minimum absolute atomic E-state index is 0.0235. The number of carbonyl (C=O) groups excluding carboxylic acids is 1. The molecule has 2 aromatic rings. The van der Waals surface area contributed by atoms with Gasteiger partial charge >= 0.3 is 0 Å². The van der Waals surface area contributed by atoms with Gasteiger partial charge in [0.1, 0.15) is 0 Å². The number of aromatic nitrogens is 2. The summed E-state index contributed by atoms with van der Waals surface area (Å²) in [5.41, 5.74) is -0.802. The molecule has 3 rings (SSSR count). The van der Waals surface area contributed by atoms with Crippen molar-refractivity contribution in [2.24, 2.45) is 0 Å². The number of carbonyl (C=O) groups is 1. The Morgan fingerprint density at radius 1 is 1.36 bits per heavy atom. The van der Waals surface area contributed by atoms with Gasteiger partial charge in [-0.15, -0.1) is 0 Å². The molecule has 0 bridgehead atoms. The average Bonchev–Trinajstić information content (AvgIpc) is 2.67. The second-order valence-corrected chi connectivity index (χ2v) is 5.41. The number of anilines is 1. The fourth-order valence-electron chi connectivity index (χ4n) is 2.95. The average molecular weight is 324 g/mol. The summed E-state index contributed by atoms with van der Waals surface area (Å²) in [7, 11) is 2.94. The van der Waals surface area contributed by atoms with Gasteiger partial charge in [-0.2, -0.15) is 4.98 Å². The molecule has 0 saturated carbocycles. The van der Waals surface area contributed by atoms with E-state index < -0.39 is 5.72 Å². The fourth-order valence-corrected chi connectivity index (χ4v) is 3.12. The van der Waals surface area contributed by atoms with Crippen molar-refractivity contribution in [1.29, 1.82) is 0 Å². The van der Waals surface area contributed by atoms with Gasteiger partial charge in [-0.05, 0) is 18.5 Å². The third-order valence-corrected chi connectivity index (χ3v) is 3.89. The molecule has 116 valence electrons. The second-order valence-electron chi connectivity index (χ2n) is 5.07. The summed E-state index contributed by atoms with van der Waals surface area (Å²) in [4.78, 5) is 21.4. The number of aliphatic hydroxyl groups is 1. The van der Waals surface area contributed by atoms with Crippen LogP contribution in [0.2, 0.25) is 5.28 Å². The first kappa shape index (κ1) is 14.8. The molecule has 0 radical (unpaired) electrons. The number of methoxy groups -OCH3 is 2. The third kappa shape index (κ3) is 1.75. The van der Waals surface area contributed by atoms with Crippen LogP contribution >= 0.6 is 11.6 Å². The summed E-state index contributed by atoms with van der Waals surface area (Å²) in [5.74, 6) is 0.592. The maximum absolute atomic E-state index is 12.0. The van der Waals surface area contributed by atoms with Crippen molar-refractivity contribution in [2.45, 2.75) is 19.6 Å². The van der Waals surface area contributed by atoms with E-state index in [1.165, 1.54) is 33.0 Å². The highest BCUT2D eigenvalue weighted by molar-refractivity contribution is 6.29. The van der Waals surface area contributed by atoms with E-state index >= 15 is 0 Å². The molecule has 8 heteroatoms. The van der Waals surface area contributed by atoms with Crippen molar-refractivity contribution in [2.75, 3.05) is 19.1 Å². The lowest BCUT2D eigenvalue weighted by atomic mass is 10.0. The number of benzene rings is 1. The molecule has 0 spiro atoms. The second kappa shape index (κ2) is 4.69. The van der Waals surface area contributed by atoms with E-state index in [2.05, 4.69) is 9.97 Å². The maximum Gasteiger partial charge on any atom is 0.227 e. The van der Waals surface area contributed by atoms with E-state index in [1.54, 1.807) is 6.07 Å². The molecular weight excluding hydrogens is 310 g/mol. The van der Waals surface area contributed by atoms with Crippen LogP contribution in [0.3, 0.4) is 0 Å². The van der Waals surface area contributed by atoms with Gasteiger partial charge in [-0.1, -0.05) is 0 Å². The lowest BCUT2D eigenvalue weighted by molar-refractivity contribution is -0.120. The smallest absolute Gasteiger partial charge is 0.227 e. The molecule has 1 aromatic carbocycles. The Morgan fingerprint density at radius 2 is 2.05 bits per heavy atom. The summed E-state index contributed by atoms with van der Waals surface area (Å²) < 4.78 is 10.7. The zero-order valence-electron chi connectivity index (χ0n) is 12.5. The van der Waals surface area contributed by atoms with Crippen LogP contribution in [-0.2, 0) is 10.5 Å². The van der Waals surface area contributed by atoms with Crippen molar-refractivity contribution in [3.05, 3.63) is 16.9 Å². The zero-order valence-corrected chi connectivity index (χ0v) is 13.2. The van der Waals surface area contributed by atoms with Crippen molar-refractivity contribution in [1.82, 2.24) is 9.97 Å². The van der Waals surface area contributed by atoms with E-state index in [0.29, 0.717) is 28.0 Å². The molecule has 0 aliphatic carbocycles. The quantitative estimate of drug-likeness (QED) is 0.849. The van der Waals surface area contributed by atoms with E-state index in [1.807, 2.05) is 0 Å². The van der Waals surface area contributed by atoms with Crippen molar-refractivity contribution >= 4 is 34.2 Å². The summed E-state index contributed by atoms with van der Waals surface area (Å²) in [6.45, 7) is 2.83. The molecule has 0 fully saturated rings. The highest BCUT2D eigenvalue weighted by atomic mass is 35.5. The van der Waals surface area contributed by atoms with Gasteiger partial charge in [0, 0.05) is 13.0 Å². The predicted molar refractivity (Wildman–Crippen MR) is 80.4 cm³/mol. The van der Waals surface area contributed by atoms with E-state index in [0.717, 1.165) is 0 Å². The summed E-state index contributed by atoms with van der Waals surface area (Å²) in [6, 6.07) is 1.63. The van der Waals surface area contributed by atoms with Gasteiger partial charge in [0.15, 0.2) is 23.0 Å². The summed E-state index contributed by atoms with van der Waals surface area (Å²) >= 11 is 5.94. The van der Waals surface area contributed by atoms with Crippen molar-refractivity contribution in [3.63, 3.8) is 0 Å². The lowest BCUT2D eigenvalue weighted by Gasteiger charge is -2.30. The highest BCUT2D eigenvalue weighted by Gasteiger charge is 2.47. The van der Waals surface area contributed by atoms with Crippen LogP contribution in [0.1, 0.15) is 19.4 Å². The summed E-state index contributed by atoms with van der Waals surface area (Å²) in [5, 5.41) is 11.4. The van der Waals surface area contributed by atoms with E-state index in [-0.39, 0.29) is 17.0 Å². The number of hydrogen-bond acceptors (Lipinski definition) is 6. The largest absolute Gasteiger partial charge is 0.493 e. The van der Waals surface area contributed by atoms with E-state index in [4.69, 9.17) is 21.1 Å². The molecular formula is C14H14ClN3O4. The van der Waals surface area contributed by atoms with Crippen molar-refractivity contribution in [3.8, 4) is 11.5 Å². The SMILES string of the molecule is COc1cc2nc(Cl)nc3c2c(c1OC)C(C)(O)N3C(C)=O. The van der Waals surface area contributed by atoms with Crippen LogP contribution in [0.25, 0.3) is 10.9 Å². The molecule has 1 atom stereocenters. The Kier molecular flexibility index (Phi) is 3.15. The van der Waals surface area contributed by atoms with E-state index in [9.17, 15) is 9.90 Å². The first-order valence-electron chi connectivity index (χ1n) is 6.48. The monoisotopic (exact) mass is 323 g/mol. The van der Waals surface area contributed by atoms with Gasteiger partial charge in [0.2, 0.25) is 11.2 Å². The summed E-state index contributed by atoms with van der Waals surface area (Å²) in [6.07, 6.45) is 0. The van der Waals surface area contributed by atoms with Crippen LogP contribution < -0.4 is 14.4 Å². The molecule has 0 saturated heterocycles. The maximum atomic E-state index is 12.0. The van der Waals surface area contributed by atoms with Crippen LogP contribution in [0.15, 0.2) is 6.07 Å². The molecule has 2 heterocycles. The fraction of sp³-hybridized carbons (Fsp3) is 0.357. The van der Waals surface area contributed by atoms with Crippen LogP contribution in [-0.4, -0.2) is 35.2 Å². The Bertz CT molecular complexity index is 807. The van der Waals surface area contributed by atoms with Crippen LogP contribution in [0.4, 0.5) is 5.82 Å². The first-order valence-corrected chi connectivity index (χ1v) is 6.86.